The highest BCUT2D eigenvalue weighted by Crippen LogP contribution is 2.28. The third kappa shape index (κ3) is 4.50. The van der Waals surface area contributed by atoms with E-state index in [1.807, 2.05) is 12.1 Å². The van der Waals surface area contributed by atoms with Gasteiger partial charge in [0.1, 0.15) is 12.4 Å². The van der Waals surface area contributed by atoms with Gasteiger partial charge in [-0.15, -0.1) is 6.42 Å². The van der Waals surface area contributed by atoms with Crippen molar-refractivity contribution < 1.29 is 4.74 Å². The molecule has 0 heterocycles. The van der Waals surface area contributed by atoms with E-state index in [-0.39, 0.29) is 0 Å². The molecular weight excluding hydrogens is 210 g/mol. The predicted molar refractivity (Wildman–Crippen MR) is 72.3 cm³/mol. The van der Waals surface area contributed by atoms with Crippen molar-refractivity contribution >= 4 is 0 Å². The highest BCUT2D eigenvalue weighted by Gasteiger charge is 2.08. The predicted octanol–water partition coefficient (Wildman–Crippen LogP) is 2.80. The second kappa shape index (κ2) is 7.76. The molecule has 1 aromatic rings. The summed E-state index contributed by atoms with van der Waals surface area (Å²) >= 11 is 0. The first-order valence-electron chi connectivity index (χ1n) is 6.15. The molecule has 2 heteroatoms. The fourth-order valence-corrected chi connectivity index (χ4v) is 1.63. The van der Waals surface area contributed by atoms with E-state index in [4.69, 9.17) is 11.2 Å². The van der Waals surface area contributed by atoms with Crippen LogP contribution < -0.4 is 10.1 Å². The molecule has 1 unspecified atom stereocenters. The van der Waals surface area contributed by atoms with Gasteiger partial charge in [0.2, 0.25) is 0 Å². The molecule has 1 atom stereocenters. The maximum absolute atomic E-state index is 5.78. The minimum Gasteiger partial charge on any atom is -0.492 e. The molecule has 0 aliphatic carbocycles. The van der Waals surface area contributed by atoms with Gasteiger partial charge in [-0.2, -0.15) is 0 Å². The van der Waals surface area contributed by atoms with Gasteiger partial charge in [-0.1, -0.05) is 38.0 Å². The molecule has 92 valence electrons. The van der Waals surface area contributed by atoms with Crippen molar-refractivity contribution in [2.45, 2.75) is 26.2 Å². The highest BCUT2D eigenvalue weighted by atomic mass is 16.5. The van der Waals surface area contributed by atoms with Crippen molar-refractivity contribution in [3.63, 3.8) is 0 Å². The van der Waals surface area contributed by atoms with Gasteiger partial charge in [-0.05, 0) is 24.0 Å². The third-order valence-corrected chi connectivity index (χ3v) is 2.83. The standard InChI is InChI=1S/C15H21NO/c1-4-10-16-11-12-17-15-9-7-6-8-14(15)13(3)5-2/h1,6-9,13,16H,5,10-12H2,2-3H3. The minimum atomic E-state index is 0.532. The van der Waals surface area contributed by atoms with Gasteiger partial charge >= 0.3 is 0 Å². The molecule has 0 amide bonds. The summed E-state index contributed by atoms with van der Waals surface area (Å²) < 4.78 is 5.78. The quantitative estimate of drug-likeness (QED) is 0.575. The van der Waals surface area contributed by atoms with Crippen LogP contribution in [0, 0.1) is 12.3 Å². The van der Waals surface area contributed by atoms with Gasteiger partial charge in [-0.25, -0.2) is 0 Å². The van der Waals surface area contributed by atoms with Crippen molar-refractivity contribution in [2.75, 3.05) is 19.7 Å². The Morgan fingerprint density at radius 3 is 2.88 bits per heavy atom. The number of benzene rings is 1. The fraction of sp³-hybridized carbons (Fsp3) is 0.467. The molecule has 0 saturated carbocycles. The second-order valence-corrected chi connectivity index (χ2v) is 4.08. The molecule has 0 aromatic heterocycles. The van der Waals surface area contributed by atoms with Crippen LogP contribution in [0.25, 0.3) is 0 Å². The van der Waals surface area contributed by atoms with Gasteiger partial charge in [0.15, 0.2) is 0 Å². The lowest BCUT2D eigenvalue weighted by atomic mass is 9.98. The maximum Gasteiger partial charge on any atom is 0.122 e. The molecule has 0 bridgehead atoms. The first kappa shape index (κ1) is 13.6. The minimum absolute atomic E-state index is 0.532. The molecule has 17 heavy (non-hydrogen) atoms. The Morgan fingerprint density at radius 2 is 2.18 bits per heavy atom. The van der Waals surface area contributed by atoms with E-state index in [0.29, 0.717) is 19.1 Å². The number of nitrogens with one attached hydrogen (secondary N) is 1. The Kier molecular flexibility index (Phi) is 6.21. The van der Waals surface area contributed by atoms with E-state index >= 15 is 0 Å². The zero-order valence-corrected chi connectivity index (χ0v) is 10.7. The van der Waals surface area contributed by atoms with E-state index in [2.05, 4.69) is 37.2 Å². The molecule has 1 N–H and O–H groups in total. The second-order valence-electron chi connectivity index (χ2n) is 4.08. The Hall–Kier alpha value is -1.46. The summed E-state index contributed by atoms with van der Waals surface area (Å²) in [4.78, 5) is 0. The fourth-order valence-electron chi connectivity index (χ4n) is 1.63. The number of terminal acetylenes is 1. The topological polar surface area (TPSA) is 21.3 Å². The lowest BCUT2D eigenvalue weighted by Gasteiger charge is -2.15. The normalized spacial score (nSPS) is 11.8. The Balaban J connectivity index is 2.50. The first-order chi connectivity index (χ1) is 8.29. The van der Waals surface area contributed by atoms with E-state index in [1.54, 1.807) is 0 Å². The van der Waals surface area contributed by atoms with Crippen LogP contribution in [0.5, 0.6) is 5.75 Å². The number of para-hydroxylation sites is 1. The summed E-state index contributed by atoms with van der Waals surface area (Å²) in [6.45, 7) is 6.43. The third-order valence-electron chi connectivity index (χ3n) is 2.83. The molecule has 1 aromatic carbocycles. The number of hydrogen-bond donors (Lipinski definition) is 1. The van der Waals surface area contributed by atoms with E-state index in [0.717, 1.165) is 18.7 Å². The SMILES string of the molecule is C#CCNCCOc1ccccc1C(C)CC. The van der Waals surface area contributed by atoms with Crippen LogP contribution in [0.2, 0.25) is 0 Å². The number of rotatable bonds is 7. The highest BCUT2D eigenvalue weighted by molar-refractivity contribution is 5.35. The summed E-state index contributed by atoms with van der Waals surface area (Å²) in [6, 6.07) is 8.24. The molecule has 0 aliphatic heterocycles. The van der Waals surface area contributed by atoms with E-state index in [9.17, 15) is 0 Å². The molecule has 0 spiro atoms. The van der Waals surface area contributed by atoms with Crippen LogP contribution >= 0.6 is 0 Å². The van der Waals surface area contributed by atoms with E-state index in [1.165, 1.54) is 5.56 Å². The number of hydrogen-bond acceptors (Lipinski definition) is 2. The molecule has 2 nitrogen and oxygen atoms in total. The van der Waals surface area contributed by atoms with Gasteiger partial charge in [0.05, 0.1) is 6.54 Å². The van der Waals surface area contributed by atoms with Crippen LogP contribution in [0.1, 0.15) is 31.7 Å². The van der Waals surface area contributed by atoms with Gasteiger partial charge in [0, 0.05) is 6.54 Å². The molecule has 0 aliphatic rings. The molecule has 0 fully saturated rings. The summed E-state index contributed by atoms with van der Waals surface area (Å²) in [7, 11) is 0. The average molecular weight is 231 g/mol. The van der Waals surface area contributed by atoms with Gasteiger partial charge < -0.3 is 10.1 Å². The lowest BCUT2D eigenvalue weighted by Crippen LogP contribution is -2.21. The van der Waals surface area contributed by atoms with Crippen LogP contribution in [-0.4, -0.2) is 19.7 Å². The summed E-state index contributed by atoms with van der Waals surface area (Å²) in [5.41, 5.74) is 1.28. The Bertz CT molecular complexity index is 367. The van der Waals surface area contributed by atoms with Crippen LogP contribution in [-0.2, 0) is 0 Å². The van der Waals surface area contributed by atoms with Crippen molar-refractivity contribution in [3.8, 4) is 18.1 Å². The largest absolute Gasteiger partial charge is 0.492 e. The lowest BCUT2D eigenvalue weighted by molar-refractivity contribution is 0.312. The summed E-state index contributed by atoms with van der Waals surface area (Å²) in [5.74, 6) is 4.06. The molecule has 1 rings (SSSR count). The zero-order chi connectivity index (χ0) is 12.5. The molecular formula is C15H21NO. The smallest absolute Gasteiger partial charge is 0.122 e. The summed E-state index contributed by atoms with van der Waals surface area (Å²) in [6.07, 6.45) is 6.27. The molecule has 0 saturated heterocycles. The van der Waals surface area contributed by atoms with Crippen LogP contribution in [0.15, 0.2) is 24.3 Å². The van der Waals surface area contributed by atoms with E-state index < -0.39 is 0 Å². The van der Waals surface area contributed by atoms with Crippen LogP contribution in [0.3, 0.4) is 0 Å². The van der Waals surface area contributed by atoms with Gasteiger partial charge in [0.25, 0.3) is 0 Å². The molecule has 0 radical (unpaired) electrons. The van der Waals surface area contributed by atoms with Crippen molar-refractivity contribution in [3.05, 3.63) is 29.8 Å². The van der Waals surface area contributed by atoms with Crippen molar-refractivity contribution in [2.24, 2.45) is 0 Å². The monoisotopic (exact) mass is 231 g/mol. The number of ether oxygens (including phenoxy) is 1. The first-order valence-corrected chi connectivity index (χ1v) is 6.15. The summed E-state index contributed by atoms with van der Waals surface area (Å²) in [5, 5.41) is 3.11. The maximum atomic E-state index is 5.78. The van der Waals surface area contributed by atoms with Crippen molar-refractivity contribution in [1.82, 2.24) is 5.32 Å². The van der Waals surface area contributed by atoms with Gasteiger partial charge in [-0.3, -0.25) is 0 Å². The van der Waals surface area contributed by atoms with Crippen LogP contribution in [0.4, 0.5) is 0 Å². The zero-order valence-electron chi connectivity index (χ0n) is 10.7. The Morgan fingerprint density at radius 1 is 1.41 bits per heavy atom. The average Bonchev–Trinajstić information content (AvgIpc) is 2.38. The van der Waals surface area contributed by atoms with Crippen molar-refractivity contribution in [1.29, 1.82) is 0 Å². The Labute approximate surface area is 104 Å².